The summed E-state index contributed by atoms with van der Waals surface area (Å²) in [5.41, 5.74) is 2.79. The molecule has 36 heavy (non-hydrogen) atoms. The highest BCUT2D eigenvalue weighted by molar-refractivity contribution is 7.21. The van der Waals surface area contributed by atoms with Crippen LogP contribution in [0.3, 0.4) is 0 Å². The van der Waals surface area contributed by atoms with E-state index in [1.807, 2.05) is 6.07 Å². The molecule has 4 heterocycles. The van der Waals surface area contributed by atoms with E-state index in [1.165, 1.54) is 17.4 Å². The molecule has 0 aromatic carbocycles. The summed E-state index contributed by atoms with van der Waals surface area (Å²) < 4.78 is 0. The summed E-state index contributed by atoms with van der Waals surface area (Å²) in [7, 11) is 0. The van der Waals surface area contributed by atoms with Gasteiger partial charge in [0.2, 0.25) is 5.91 Å². The average molecular weight is 505 g/mol. The second-order valence-electron chi connectivity index (χ2n) is 9.40. The first-order chi connectivity index (χ1) is 17.4. The normalized spacial score (nSPS) is 19.2. The molecule has 186 valence electrons. The zero-order valence-electron chi connectivity index (χ0n) is 20.2. The first kappa shape index (κ1) is 23.9. The third-order valence-electron chi connectivity index (χ3n) is 6.72. The minimum absolute atomic E-state index is 0.168. The van der Waals surface area contributed by atoms with E-state index in [4.69, 9.17) is 0 Å². The van der Waals surface area contributed by atoms with E-state index in [9.17, 15) is 14.4 Å². The number of nitrogens with zero attached hydrogens (tertiary/aromatic N) is 3. The lowest BCUT2D eigenvalue weighted by Crippen LogP contribution is -2.52. The van der Waals surface area contributed by atoms with E-state index in [0.29, 0.717) is 26.8 Å². The fourth-order valence-electron chi connectivity index (χ4n) is 4.84. The predicted octanol–water partition coefficient (Wildman–Crippen LogP) is 4.84. The zero-order chi connectivity index (χ0) is 25.4. The lowest BCUT2D eigenvalue weighted by molar-refractivity contribution is -0.117. The van der Waals surface area contributed by atoms with Crippen molar-refractivity contribution in [2.75, 3.05) is 10.2 Å². The molecule has 0 unspecified atom stereocenters. The Labute approximate surface area is 213 Å². The molecule has 1 fully saturated rings. The van der Waals surface area contributed by atoms with Crippen molar-refractivity contribution < 1.29 is 14.4 Å². The van der Waals surface area contributed by atoms with E-state index >= 15 is 0 Å². The Morgan fingerprint density at radius 3 is 2.69 bits per heavy atom. The van der Waals surface area contributed by atoms with Crippen LogP contribution in [-0.4, -0.2) is 39.9 Å². The van der Waals surface area contributed by atoms with E-state index < -0.39 is 0 Å². The van der Waals surface area contributed by atoms with Crippen molar-refractivity contribution in [1.82, 2.24) is 20.6 Å². The third kappa shape index (κ3) is 4.32. The topological polar surface area (TPSA) is 116 Å². The number of thiophene rings is 1. The van der Waals surface area contributed by atoms with Gasteiger partial charge in [-0.15, -0.1) is 11.3 Å². The summed E-state index contributed by atoms with van der Waals surface area (Å²) in [4.78, 5) is 50.1. The van der Waals surface area contributed by atoms with Crippen molar-refractivity contribution in [1.29, 1.82) is 0 Å². The van der Waals surface area contributed by atoms with Gasteiger partial charge in [-0.25, -0.2) is 9.78 Å². The molecule has 2 aliphatic rings. The molecule has 2 atom stereocenters. The standard InChI is InChI=1S/C26H28N6O3S/c1-4-20(33)29-17-7-5-6-8-18(17)30-24(34)23-22-21-19(9-10-28-25(21)36-23)32(26(35)31-22)16-11-15(14(2)3)12-27-13-16/h4,9-14,17-18H,1,5-8H2,2-3H3,(H,29,33)(H,30,34)(H,31,35)/t17-,18+/m0/s1. The van der Waals surface area contributed by atoms with Gasteiger partial charge in [0.05, 0.1) is 28.6 Å². The SMILES string of the molecule is C=CC(=O)N[C@H]1CCCC[C@H]1NC(=O)c1sc2nccc3c2c1NC(=O)N3c1cncc(C(C)C)c1. The van der Waals surface area contributed by atoms with Crippen LogP contribution >= 0.6 is 11.3 Å². The van der Waals surface area contributed by atoms with Crippen molar-refractivity contribution in [2.45, 2.75) is 57.5 Å². The Morgan fingerprint density at radius 1 is 1.22 bits per heavy atom. The van der Waals surface area contributed by atoms with Crippen LogP contribution in [0.1, 0.15) is 60.7 Å². The number of carbonyl (C=O) groups is 3. The largest absolute Gasteiger partial charge is 0.348 e. The maximum Gasteiger partial charge on any atom is 0.331 e. The van der Waals surface area contributed by atoms with E-state index in [-0.39, 0.29) is 35.8 Å². The summed E-state index contributed by atoms with van der Waals surface area (Å²) >= 11 is 1.24. The van der Waals surface area contributed by atoms with Gasteiger partial charge in [-0.3, -0.25) is 19.5 Å². The lowest BCUT2D eigenvalue weighted by atomic mass is 9.90. The van der Waals surface area contributed by atoms with Crippen LogP contribution in [0.5, 0.6) is 0 Å². The Bertz CT molecular complexity index is 1370. The number of nitrogens with one attached hydrogen (secondary N) is 3. The minimum Gasteiger partial charge on any atom is -0.348 e. The van der Waals surface area contributed by atoms with Crippen molar-refractivity contribution in [2.24, 2.45) is 0 Å². The zero-order valence-corrected chi connectivity index (χ0v) is 21.0. The second-order valence-corrected chi connectivity index (χ2v) is 10.4. The smallest absolute Gasteiger partial charge is 0.331 e. The van der Waals surface area contributed by atoms with Gasteiger partial charge in [-0.1, -0.05) is 33.3 Å². The molecule has 0 saturated heterocycles. The first-order valence-corrected chi connectivity index (χ1v) is 12.9. The van der Waals surface area contributed by atoms with Crippen LogP contribution in [0.2, 0.25) is 0 Å². The Balaban J connectivity index is 1.49. The molecule has 9 nitrogen and oxygen atoms in total. The monoisotopic (exact) mass is 504 g/mol. The van der Waals surface area contributed by atoms with Crippen LogP contribution in [0.4, 0.5) is 21.9 Å². The van der Waals surface area contributed by atoms with Gasteiger partial charge in [-0.05, 0) is 42.5 Å². The van der Waals surface area contributed by atoms with Gasteiger partial charge in [-0.2, -0.15) is 0 Å². The molecule has 4 amide bonds. The molecule has 1 aliphatic carbocycles. The summed E-state index contributed by atoms with van der Waals surface area (Å²) in [5, 5.41) is 9.67. The summed E-state index contributed by atoms with van der Waals surface area (Å²) in [6.45, 7) is 7.66. The highest BCUT2D eigenvalue weighted by atomic mass is 32.1. The number of urea groups is 1. The van der Waals surface area contributed by atoms with E-state index in [0.717, 1.165) is 36.6 Å². The van der Waals surface area contributed by atoms with Crippen LogP contribution < -0.4 is 20.9 Å². The van der Waals surface area contributed by atoms with Crippen molar-refractivity contribution in [3.8, 4) is 0 Å². The fraction of sp³-hybridized carbons (Fsp3) is 0.346. The maximum atomic E-state index is 13.4. The van der Waals surface area contributed by atoms with Crippen LogP contribution in [0.15, 0.2) is 43.4 Å². The van der Waals surface area contributed by atoms with Gasteiger partial charge in [0.15, 0.2) is 0 Å². The van der Waals surface area contributed by atoms with Crippen LogP contribution in [0, 0.1) is 0 Å². The highest BCUT2D eigenvalue weighted by Gasteiger charge is 2.34. The number of anilines is 3. The van der Waals surface area contributed by atoms with E-state index in [2.05, 4.69) is 46.3 Å². The van der Waals surface area contributed by atoms with Gasteiger partial charge < -0.3 is 16.0 Å². The number of amides is 4. The number of pyridine rings is 2. The lowest BCUT2D eigenvalue weighted by Gasteiger charge is -2.32. The van der Waals surface area contributed by atoms with Crippen LogP contribution in [0.25, 0.3) is 10.2 Å². The molecule has 3 aromatic rings. The molecule has 1 saturated carbocycles. The quantitative estimate of drug-likeness (QED) is 0.415. The molecular formula is C26H28N6O3S. The van der Waals surface area contributed by atoms with Gasteiger partial charge >= 0.3 is 6.03 Å². The first-order valence-electron chi connectivity index (χ1n) is 12.1. The molecule has 10 heteroatoms. The molecule has 0 spiro atoms. The molecule has 3 aromatic heterocycles. The molecule has 0 radical (unpaired) electrons. The van der Waals surface area contributed by atoms with Crippen molar-refractivity contribution >= 4 is 56.5 Å². The van der Waals surface area contributed by atoms with Crippen LogP contribution in [-0.2, 0) is 4.79 Å². The van der Waals surface area contributed by atoms with Crippen molar-refractivity contribution in [3.05, 3.63) is 53.8 Å². The third-order valence-corrected chi connectivity index (χ3v) is 7.81. The number of carbonyl (C=O) groups excluding carboxylic acids is 3. The minimum atomic E-state index is -0.362. The Kier molecular flexibility index (Phi) is 6.44. The maximum absolute atomic E-state index is 13.4. The molecular weight excluding hydrogens is 476 g/mol. The number of hydrogen-bond donors (Lipinski definition) is 3. The average Bonchev–Trinajstić information content (AvgIpc) is 3.25. The predicted molar refractivity (Wildman–Crippen MR) is 141 cm³/mol. The summed E-state index contributed by atoms with van der Waals surface area (Å²) in [6.07, 6.45) is 9.83. The summed E-state index contributed by atoms with van der Waals surface area (Å²) in [6, 6.07) is 3.00. The Morgan fingerprint density at radius 2 is 1.97 bits per heavy atom. The number of rotatable bonds is 6. The van der Waals surface area contributed by atoms with Gasteiger partial charge in [0.1, 0.15) is 9.71 Å². The molecule has 1 aliphatic heterocycles. The van der Waals surface area contributed by atoms with Gasteiger partial charge in [0, 0.05) is 24.5 Å². The highest BCUT2D eigenvalue weighted by Crippen LogP contribution is 2.45. The van der Waals surface area contributed by atoms with E-state index in [1.54, 1.807) is 29.6 Å². The van der Waals surface area contributed by atoms with Gasteiger partial charge in [0.25, 0.3) is 5.91 Å². The van der Waals surface area contributed by atoms with Crippen molar-refractivity contribution in [3.63, 3.8) is 0 Å². The number of aromatic nitrogens is 2. The Hall–Kier alpha value is -3.79. The molecule has 0 bridgehead atoms. The second kappa shape index (κ2) is 9.69. The summed E-state index contributed by atoms with van der Waals surface area (Å²) in [5.74, 6) is -0.286. The number of hydrogen-bond acceptors (Lipinski definition) is 6. The fourth-order valence-corrected chi connectivity index (χ4v) is 5.86. The molecule has 3 N–H and O–H groups in total. The molecule has 5 rings (SSSR count).